The average Bonchev–Trinajstić information content (AvgIpc) is 2.82. The first kappa shape index (κ1) is 12.8. The Kier molecular flexibility index (Phi) is 3.20. The molecule has 96 valence electrons. The minimum Gasteiger partial charge on any atom is -0.301 e. The molecule has 0 bridgehead atoms. The van der Waals surface area contributed by atoms with Gasteiger partial charge in [-0.3, -0.25) is 0 Å². The molecule has 0 amide bonds. The molecule has 7 heteroatoms. The van der Waals surface area contributed by atoms with E-state index in [0.29, 0.717) is 6.54 Å². The van der Waals surface area contributed by atoms with Crippen molar-refractivity contribution in [1.82, 2.24) is 14.8 Å². The molecular formula is C10H16ClN3O2S. The van der Waals surface area contributed by atoms with E-state index in [1.165, 1.54) is 0 Å². The van der Waals surface area contributed by atoms with Crippen molar-refractivity contribution in [3.8, 4) is 0 Å². The molecule has 2 rings (SSSR count). The second kappa shape index (κ2) is 4.24. The molecule has 0 unspecified atom stereocenters. The highest BCUT2D eigenvalue weighted by Gasteiger charge is 2.37. The summed E-state index contributed by atoms with van der Waals surface area (Å²) in [6.07, 6.45) is 4.34. The Hall–Kier alpha value is -0.620. The fraction of sp³-hybridized carbons (Fsp3) is 0.800. The predicted molar refractivity (Wildman–Crippen MR) is 64.6 cm³/mol. The van der Waals surface area contributed by atoms with Gasteiger partial charge in [-0.25, -0.2) is 8.42 Å². The van der Waals surface area contributed by atoms with Crippen molar-refractivity contribution in [3.05, 3.63) is 5.82 Å². The molecule has 1 aromatic rings. The van der Waals surface area contributed by atoms with Gasteiger partial charge in [0.1, 0.15) is 5.82 Å². The highest BCUT2D eigenvalue weighted by Crippen LogP contribution is 2.40. The normalized spacial score (nSPS) is 19.7. The van der Waals surface area contributed by atoms with Crippen LogP contribution in [0.25, 0.3) is 0 Å². The molecule has 1 aliphatic carbocycles. The third-order valence-electron chi connectivity index (χ3n) is 3.50. The average molecular weight is 278 g/mol. The van der Waals surface area contributed by atoms with Crippen molar-refractivity contribution in [2.75, 3.05) is 0 Å². The van der Waals surface area contributed by atoms with Crippen LogP contribution in [0.4, 0.5) is 0 Å². The van der Waals surface area contributed by atoms with E-state index in [1.807, 2.05) is 6.92 Å². The zero-order chi connectivity index (χ0) is 12.7. The van der Waals surface area contributed by atoms with Gasteiger partial charge in [0.2, 0.25) is 0 Å². The molecule has 1 heterocycles. The van der Waals surface area contributed by atoms with Gasteiger partial charge in [-0.15, -0.1) is 10.2 Å². The molecule has 0 aliphatic heterocycles. The molecule has 1 aromatic heterocycles. The molecule has 1 fully saturated rings. The summed E-state index contributed by atoms with van der Waals surface area (Å²) in [6.45, 7) is 4.50. The van der Waals surface area contributed by atoms with Crippen LogP contribution in [0.15, 0.2) is 5.16 Å². The van der Waals surface area contributed by atoms with E-state index in [2.05, 4.69) is 17.1 Å². The first-order valence-electron chi connectivity index (χ1n) is 5.77. The Balaban J connectivity index is 2.53. The van der Waals surface area contributed by atoms with E-state index in [-0.39, 0.29) is 10.6 Å². The van der Waals surface area contributed by atoms with E-state index in [9.17, 15) is 8.42 Å². The molecule has 1 saturated carbocycles. The number of nitrogens with zero attached hydrogens (tertiary/aromatic N) is 3. The Morgan fingerprint density at radius 1 is 1.35 bits per heavy atom. The maximum Gasteiger partial charge on any atom is 0.296 e. The zero-order valence-corrected chi connectivity index (χ0v) is 11.6. The Labute approximate surface area is 106 Å². The second-order valence-corrected chi connectivity index (χ2v) is 7.22. The lowest BCUT2D eigenvalue weighted by Crippen LogP contribution is -2.23. The molecule has 1 aliphatic rings. The summed E-state index contributed by atoms with van der Waals surface area (Å²) in [5, 5.41) is 7.66. The van der Waals surface area contributed by atoms with E-state index >= 15 is 0 Å². The summed E-state index contributed by atoms with van der Waals surface area (Å²) in [6, 6.07) is 0. The van der Waals surface area contributed by atoms with Gasteiger partial charge < -0.3 is 4.57 Å². The van der Waals surface area contributed by atoms with E-state index in [0.717, 1.165) is 31.5 Å². The fourth-order valence-corrected chi connectivity index (χ4v) is 3.54. The lowest BCUT2D eigenvalue weighted by molar-refractivity contribution is 0.426. The third kappa shape index (κ3) is 2.20. The number of hydrogen-bond acceptors (Lipinski definition) is 4. The zero-order valence-electron chi connectivity index (χ0n) is 9.98. The summed E-state index contributed by atoms with van der Waals surface area (Å²) >= 11 is 0. The van der Waals surface area contributed by atoms with Crippen molar-refractivity contribution in [1.29, 1.82) is 0 Å². The van der Waals surface area contributed by atoms with Crippen LogP contribution < -0.4 is 0 Å². The summed E-state index contributed by atoms with van der Waals surface area (Å²) < 4.78 is 24.4. The van der Waals surface area contributed by atoms with Crippen molar-refractivity contribution in [2.45, 2.75) is 56.6 Å². The summed E-state index contributed by atoms with van der Waals surface area (Å²) in [5.41, 5.74) is -0.0666. The second-order valence-electron chi connectivity index (χ2n) is 4.76. The number of aromatic nitrogens is 3. The van der Waals surface area contributed by atoms with Gasteiger partial charge in [-0.2, -0.15) is 0 Å². The monoisotopic (exact) mass is 277 g/mol. The molecule has 0 spiro atoms. The van der Waals surface area contributed by atoms with Gasteiger partial charge in [0.25, 0.3) is 14.2 Å². The van der Waals surface area contributed by atoms with Crippen LogP contribution >= 0.6 is 10.7 Å². The van der Waals surface area contributed by atoms with Gasteiger partial charge in [-0.05, 0) is 19.8 Å². The van der Waals surface area contributed by atoms with Crippen LogP contribution in [0.1, 0.15) is 45.4 Å². The summed E-state index contributed by atoms with van der Waals surface area (Å²) in [5.74, 6) is 0.747. The quantitative estimate of drug-likeness (QED) is 0.793. The maximum atomic E-state index is 11.4. The summed E-state index contributed by atoms with van der Waals surface area (Å²) in [7, 11) is 1.54. The highest BCUT2D eigenvalue weighted by molar-refractivity contribution is 8.13. The largest absolute Gasteiger partial charge is 0.301 e. The fourth-order valence-electron chi connectivity index (χ4n) is 2.58. The van der Waals surface area contributed by atoms with Crippen LogP contribution in [0.2, 0.25) is 0 Å². The van der Waals surface area contributed by atoms with Crippen LogP contribution in [-0.4, -0.2) is 23.2 Å². The molecule has 0 N–H and O–H groups in total. The van der Waals surface area contributed by atoms with Gasteiger partial charge >= 0.3 is 0 Å². The number of rotatable bonds is 3. The van der Waals surface area contributed by atoms with Crippen LogP contribution in [-0.2, 0) is 21.0 Å². The molecule has 0 saturated heterocycles. The van der Waals surface area contributed by atoms with Gasteiger partial charge in [0, 0.05) is 22.6 Å². The molecule has 17 heavy (non-hydrogen) atoms. The van der Waals surface area contributed by atoms with Crippen LogP contribution in [0.5, 0.6) is 0 Å². The lowest BCUT2D eigenvalue weighted by Gasteiger charge is -2.22. The molecule has 0 radical (unpaired) electrons. The molecule has 5 nitrogen and oxygen atoms in total. The first-order valence-corrected chi connectivity index (χ1v) is 8.08. The minimum atomic E-state index is -3.82. The minimum absolute atomic E-state index is 0.0666. The van der Waals surface area contributed by atoms with Gasteiger partial charge in [-0.1, -0.05) is 19.8 Å². The number of hydrogen-bond donors (Lipinski definition) is 0. The Morgan fingerprint density at radius 3 is 2.41 bits per heavy atom. The van der Waals surface area contributed by atoms with Crippen molar-refractivity contribution >= 4 is 19.7 Å². The SMILES string of the molecule is CCn1c(C2(C)CCCC2)nnc1S(=O)(=O)Cl. The maximum absolute atomic E-state index is 11.4. The predicted octanol–water partition coefficient (Wildman–Crippen LogP) is 2.06. The van der Waals surface area contributed by atoms with Gasteiger partial charge in [0.15, 0.2) is 0 Å². The number of halogens is 1. The van der Waals surface area contributed by atoms with Crippen LogP contribution in [0.3, 0.4) is 0 Å². The van der Waals surface area contributed by atoms with Gasteiger partial charge in [0.05, 0.1) is 0 Å². The highest BCUT2D eigenvalue weighted by atomic mass is 35.7. The van der Waals surface area contributed by atoms with E-state index in [1.54, 1.807) is 4.57 Å². The molecule has 0 atom stereocenters. The lowest BCUT2D eigenvalue weighted by atomic mass is 9.88. The third-order valence-corrected chi connectivity index (χ3v) is 4.65. The molecular weight excluding hydrogens is 262 g/mol. The Morgan fingerprint density at radius 2 is 1.94 bits per heavy atom. The first-order chi connectivity index (χ1) is 7.88. The van der Waals surface area contributed by atoms with Crippen molar-refractivity contribution < 1.29 is 8.42 Å². The molecule has 0 aromatic carbocycles. The summed E-state index contributed by atoms with van der Waals surface area (Å²) in [4.78, 5) is 0. The Bertz CT molecular complexity index is 518. The van der Waals surface area contributed by atoms with Crippen molar-refractivity contribution in [3.63, 3.8) is 0 Å². The topological polar surface area (TPSA) is 64.8 Å². The van der Waals surface area contributed by atoms with Crippen LogP contribution in [0, 0.1) is 0 Å². The smallest absolute Gasteiger partial charge is 0.296 e. The van der Waals surface area contributed by atoms with E-state index in [4.69, 9.17) is 10.7 Å². The van der Waals surface area contributed by atoms with Crippen molar-refractivity contribution in [2.24, 2.45) is 0 Å². The standard InChI is InChI=1S/C10H16ClN3O2S/c1-3-14-8(10(2)6-4-5-7-10)12-13-9(14)17(11,15)16/h3-7H2,1-2H3. The van der Waals surface area contributed by atoms with E-state index < -0.39 is 9.05 Å².